The van der Waals surface area contributed by atoms with Crippen molar-refractivity contribution in [1.29, 1.82) is 0 Å². The fraction of sp³-hybridized carbons (Fsp3) is 0.200. The number of nitrogens with zero attached hydrogens (tertiary/aromatic N) is 2. The molecule has 1 amide bonds. The predicted octanol–water partition coefficient (Wildman–Crippen LogP) is 5.41. The third kappa shape index (κ3) is 5.15. The van der Waals surface area contributed by atoms with Crippen LogP contribution >= 0.6 is 11.6 Å². The number of halogens is 1. The summed E-state index contributed by atoms with van der Waals surface area (Å²) >= 11 is 6.16. The monoisotopic (exact) mass is 559 g/mol. The van der Waals surface area contributed by atoms with Crippen molar-refractivity contribution in [3.8, 4) is 22.6 Å². The highest BCUT2D eigenvalue weighted by molar-refractivity contribution is 6.30. The molecule has 0 bridgehead atoms. The van der Waals surface area contributed by atoms with Gasteiger partial charge in [0.2, 0.25) is 5.91 Å². The number of hydrazone groups is 1. The smallest absolute Gasteiger partial charge is 0.303 e. The van der Waals surface area contributed by atoms with Gasteiger partial charge in [0.15, 0.2) is 11.5 Å². The third-order valence-electron chi connectivity index (χ3n) is 6.85. The first-order chi connectivity index (χ1) is 19.3. The van der Waals surface area contributed by atoms with E-state index in [-0.39, 0.29) is 24.8 Å². The number of aliphatic carboxylic acids is 1. The number of aromatic nitrogens is 1. The summed E-state index contributed by atoms with van der Waals surface area (Å²) in [5.41, 5.74) is 3.17. The maximum Gasteiger partial charge on any atom is 0.303 e. The Kier molecular flexibility index (Phi) is 7.57. The lowest BCUT2D eigenvalue weighted by Gasteiger charge is -2.22. The second kappa shape index (κ2) is 11.2. The summed E-state index contributed by atoms with van der Waals surface area (Å²) in [6.45, 7) is 0. The lowest BCUT2D eigenvalue weighted by molar-refractivity contribution is -0.141. The largest absolute Gasteiger partial charge is 0.493 e. The molecule has 10 heteroatoms. The minimum atomic E-state index is -1.09. The number of carboxylic acid groups (broad SMARTS) is 1. The van der Waals surface area contributed by atoms with Gasteiger partial charge >= 0.3 is 5.97 Å². The van der Waals surface area contributed by atoms with E-state index < -0.39 is 17.9 Å². The maximum absolute atomic E-state index is 13.6. The van der Waals surface area contributed by atoms with Gasteiger partial charge in [-0.25, -0.2) is 5.01 Å². The number of aromatic amines is 1. The van der Waals surface area contributed by atoms with Crippen LogP contribution < -0.4 is 15.0 Å². The average Bonchev–Trinajstić information content (AvgIpc) is 3.40. The fourth-order valence-electron chi connectivity index (χ4n) is 4.97. The Morgan fingerprint density at radius 2 is 1.73 bits per heavy atom. The zero-order valence-corrected chi connectivity index (χ0v) is 22.6. The molecule has 1 aromatic heterocycles. The summed E-state index contributed by atoms with van der Waals surface area (Å²) in [6, 6.07) is 19.3. The van der Waals surface area contributed by atoms with Gasteiger partial charge in [-0.1, -0.05) is 48.0 Å². The second-order valence-corrected chi connectivity index (χ2v) is 9.71. The first kappa shape index (κ1) is 27.0. The number of rotatable bonds is 8. The zero-order chi connectivity index (χ0) is 28.4. The standard InChI is InChI=1S/C30H26ClN3O6/c1-39-24-12-9-18(15-25(24)40-2)23-16-22(33-34(23)26(35)13-14-27(36)37)29-28(17-7-10-19(31)11-8-17)20-5-3-4-6-21(20)32-30(29)38/h3-12,15,23H,13-14,16H2,1-2H3,(H,32,38)(H,36,37)/t23-/m0/s1. The molecule has 5 rings (SSSR count). The average molecular weight is 560 g/mol. The number of para-hydroxylation sites is 1. The molecule has 40 heavy (non-hydrogen) atoms. The van der Waals surface area contributed by atoms with Gasteiger partial charge in [0, 0.05) is 34.3 Å². The second-order valence-electron chi connectivity index (χ2n) is 9.27. The van der Waals surface area contributed by atoms with Crippen LogP contribution in [0.5, 0.6) is 11.5 Å². The number of benzene rings is 3. The van der Waals surface area contributed by atoms with Gasteiger partial charge in [-0.3, -0.25) is 14.4 Å². The molecule has 2 N–H and O–H groups in total. The van der Waals surface area contributed by atoms with Crippen LogP contribution in [0.2, 0.25) is 5.02 Å². The molecule has 2 heterocycles. The molecule has 0 saturated heterocycles. The number of carbonyl (C=O) groups is 2. The number of methoxy groups -OCH3 is 2. The van der Waals surface area contributed by atoms with E-state index in [4.69, 9.17) is 21.1 Å². The van der Waals surface area contributed by atoms with Gasteiger partial charge in [0.05, 0.1) is 38.0 Å². The summed E-state index contributed by atoms with van der Waals surface area (Å²) in [6.07, 6.45) is -0.365. The van der Waals surface area contributed by atoms with Crippen LogP contribution in [-0.4, -0.2) is 46.9 Å². The first-order valence-electron chi connectivity index (χ1n) is 12.5. The van der Waals surface area contributed by atoms with Gasteiger partial charge in [-0.2, -0.15) is 5.10 Å². The molecule has 1 atom stereocenters. The van der Waals surface area contributed by atoms with Crippen molar-refractivity contribution in [1.82, 2.24) is 9.99 Å². The number of amides is 1. The number of H-pyrrole nitrogens is 1. The maximum atomic E-state index is 13.6. The quantitative estimate of drug-likeness (QED) is 0.298. The summed E-state index contributed by atoms with van der Waals surface area (Å²) in [4.78, 5) is 41.1. The Morgan fingerprint density at radius 3 is 2.42 bits per heavy atom. The molecule has 3 aromatic carbocycles. The van der Waals surface area contributed by atoms with Crippen LogP contribution in [0.15, 0.2) is 76.6 Å². The van der Waals surface area contributed by atoms with Gasteiger partial charge in [0.1, 0.15) is 0 Å². The minimum absolute atomic E-state index is 0.219. The normalized spacial score (nSPS) is 14.7. The molecule has 1 aliphatic heterocycles. The summed E-state index contributed by atoms with van der Waals surface area (Å²) in [5, 5.41) is 16.5. The predicted molar refractivity (Wildman–Crippen MR) is 152 cm³/mol. The van der Waals surface area contributed by atoms with Gasteiger partial charge in [-0.05, 0) is 41.5 Å². The number of carbonyl (C=O) groups excluding carboxylic acids is 1. The Bertz CT molecular complexity index is 1700. The van der Waals surface area contributed by atoms with Crippen molar-refractivity contribution >= 4 is 40.1 Å². The van der Waals surface area contributed by atoms with Gasteiger partial charge in [-0.15, -0.1) is 0 Å². The highest BCUT2D eigenvalue weighted by Crippen LogP contribution is 2.39. The van der Waals surface area contributed by atoms with Gasteiger partial charge < -0.3 is 19.6 Å². The molecule has 4 aromatic rings. The van der Waals surface area contributed by atoms with Crippen LogP contribution in [-0.2, 0) is 9.59 Å². The topological polar surface area (TPSA) is 121 Å². The molecule has 0 aliphatic carbocycles. The van der Waals surface area contributed by atoms with Crippen LogP contribution in [0, 0.1) is 0 Å². The van der Waals surface area contributed by atoms with Crippen LogP contribution in [0.4, 0.5) is 0 Å². The van der Waals surface area contributed by atoms with Crippen molar-refractivity contribution in [2.75, 3.05) is 14.2 Å². The van der Waals surface area contributed by atoms with Crippen molar-refractivity contribution in [2.45, 2.75) is 25.3 Å². The van der Waals surface area contributed by atoms with Crippen LogP contribution in [0.1, 0.15) is 36.4 Å². The summed E-state index contributed by atoms with van der Waals surface area (Å²) in [7, 11) is 3.04. The molecule has 0 fully saturated rings. The van der Waals surface area contributed by atoms with E-state index in [1.807, 2.05) is 36.4 Å². The fourth-order valence-corrected chi connectivity index (χ4v) is 5.10. The number of hydrogen-bond donors (Lipinski definition) is 2. The van der Waals surface area contributed by atoms with Crippen molar-refractivity contribution < 1.29 is 24.2 Å². The number of fused-ring (bicyclic) bond motifs is 1. The Labute approximate surface area is 234 Å². The lowest BCUT2D eigenvalue weighted by atomic mass is 9.91. The third-order valence-corrected chi connectivity index (χ3v) is 7.11. The Hall–Kier alpha value is -4.63. The van der Waals surface area contributed by atoms with E-state index >= 15 is 0 Å². The molecule has 1 aliphatic rings. The number of carboxylic acids is 1. The first-order valence-corrected chi connectivity index (χ1v) is 12.9. The molecule has 204 valence electrons. The Balaban J connectivity index is 1.68. The van der Waals surface area contributed by atoms with E-state index in [0.717, 1.165) is 10.9 Å². The molecule has 0 saturated carbocycles. The highest BCUT2D eigenvalue weighted by Gasteiger charge is 2.36. The van der Waals surface area contributed by atoms with E-state index in [1.54, 1.807) is 30.3 Å². The number of pyridine rings is 1. The van der Waals surface area contributed by atoms with Crippen molar-refractivity contribution in [3.05, 3.63) is 93.2 Å². The molecule has 9 nitrogen and oxygen atoms in total. The van der Waals surface area contributed by atoms with Gasteiger partial charge in [0.25, 0.3) is 5.56 Å². The molecule has 0 radical (unpaired) electrons. The number of hydrogen-bond acceptors (Lipinski definition) is 6. The molecule has 0 spiro atoms. The van der Waals surface area contributed by atoms with Crippen LogP contribution in [0.25, 0.3) is 22.0 Å². The van der Waals surface area contributed by atoms with E-state index in [2.05, 4.69) is 10.1 Å². The van der Waals surface area contributed by atoms with Crippen molar-refractivity contribution in [3.63, 3.8) is 0 Å². The number of ether oxygens (including phenoxy) is 2. The lowest BCUT2D eigenvalue weighted by Crippen LogP contribution is -2.27. The molecule has 0 unspecified atom stereocenters. The van der Waals surface area contributed by atoms with E-state index in [0.29, 0.717) is 44.4 Å². The minimum Gasteiger partial charge on any atom is -0.493 e. The highest BCUT2D eigenvalue weighted by atomic mass is 35.5. The summed E-state index contributed by atoms with van der Waals surface area (Å²) in [5.74, 6) is -0.570. The summed E-state index contributed by atoms with van der Waals surface area (Å²) < 4.78 is 10.8. The van der Waals surface area contributed by atoms with Crippen molar-refractivity contribution in [2.24, 2.45) is 5.10 Å². The molecular weight excluding hydrogens is 534 g/mol. The number of nitrogens with one attached hydrogen (secondary N) is 1. The zero-order valence-electron chi connectivity index (χ0n) is 21.8. The Morgan fingerprint density at radius 1 is 1.00 bits per heavy atom. The van der Waals surface area contributed by atoms with E-state index in [9.17, 15) is 19.5 Å². The SMILES string of the molecule is COc1ccc([C@@H]2CC(c3c(-c4ccc(Cl)cc4)c4ccccc4[nH]c3=O)=NN2C(=O)CCC(=O)O)cc1OC. The van der Waals surface area contributed by atoms with E-state index in [1.165, 1.54) is 19.2 Å². The van der Waals surface area contributed by atoms with Crippen LogP contribution in [0.3, 0.4) is 0 Å². The molecular formula is C30H26ClN3O6.